The number of halogens is 1. The van der Waals surface area contributed by atoms with Gasteiger partial charge in [-0.3, -0.25) is 0 Å². The molecule has 0 amide bonds. The summed E-state index contributed by atoms with van der Waals surface area (Å²) < 4.78 is 7.93. The second-order valence-electron chi connectivity index (χ2n) is 6.76. The van der Waals surface area contributed by atoms with Crippen molar-refractivity contribution in [3.63, 3.8) is 0 Å². The SMILES string of the molecule is Cc1nc2ccc(-c3cc(N)nc(N)c3)nc2n1CC(C)Oc1ccc(Cl)cn1. The van der Waals surface area contributed by atoms with Crippen molar-refractivity contribution in [1.29, 1.82) is 0 Å². The molecule has 4 aromatic heterocycles. The number of fused-ring (bicyclic) bond motifs is 1. The number of ether oxygens (including phenoxy) is 1. The molecule has 4 heterocycles. The van der Waals surface area contributed by atoms with Gasteiger partial charge in [0.15, 0.2) is 5.65 Å². The number of nitrogens with two attached hydrogens (primary N) is 2. The Labute approximate surface area is 172 Å². The van der Waals surface area contributed by atoms with Crippen molar-refractivity contribution in [2.24, 2.45) is 0 Å². The number of anilines is 2. The first kappa shape index (κ1) is 18.9. The first-order valence-electron chi connectivity index (χ1n) is 9.04. The summed E-state index contributed by atoms with van der Waals surface area (Å²) in [7, 11) is 0. The summed E-state index contributed by atoms with van der Waals surface area (Å²) >= 11 is 5.88. The predicted molar refractivity (Wildman–Crippen MR) is 114 cm³/mol. The van der Waals surface area contributed by atoms with E-state index in [0.29, 0.717) is 29.1 Å². The quantitative estimate of drug-likeness (QED) is 0.518. The maximum absolute atomic E-state index is 5.91. The normalized spacial score (nSPS) is 12.2. The molecule has 0 radical (unpaired) electrons. The Bertz CT molecular complexity index is 1150. The molecule has 1 unspecified atom stereocenters. The molecule has 4 rings (SSSR count). The number of pyridine rings is 3. The summed E-state index contributed by atoms with van der Waals surface area (Å²) in [6, 6.07) is 10.8. The maximum atomic E-state index is 5.91. The number of rotatable bonds is 5. The molecule has 0 bridgehead atoms. The molecule has 0 aliphatic heterocycles. The summed E-state index contributed by atoms with van der Waals surface area (Å²) in [5, 5.41) is 0.565. The summed E-state index contributed by atoms with van der Waals surface area (Å²) in [6.07, 6.45) is 1.40. The van der Waals surface area contributed by atoms with E-state index in [9.17, 15) is 0 Å². The third kappa shape index (κ3) is 4.07. The zero-order valence-corrected chi connectivity index (χ0v) is 16.8. The highest BCUT2D eigenvalue weighted by Gasteiger charge is 2.15. The van der Waals surface area contributed by atoms with Crippen LogP contribution in [0.25, 0.3) is 22.4 Å². The van der Waals surface area contributed by atoms with E-state index in [2.05, 4.69) is 15.0 Å². The summed E-state index contributed by atoms with van der Waals surface area (Å²) in [6.45, 7) is 4.47. The number of aromatic nitrogens is 5. The minimum atomic E-state index is -0.155. The van der Waals surface area contributed by atoms with Gasteiger partial charge in [0.2, 0.25) is 5.88 Å². The van der Waals surface area contributed by atoms with Gasteiger partial charge in [-0.15, -0.1) is 0 Å². The highest BCUT2D eigenvalue weighted by atomic mass is 35.5. The van der Waals surface area contributed by atoms with Crippen LogP contribution in [0.4, 0.5) is 11.6 Å². The molecule has 29 heavy (non-hydrogen) atoms. The zero-order chi connectivity index (χ0) is 20.5. The second kappa shape index (κ2) is 7.56. The molecular weight excluding hydrogens is 390 g/mol. The molecule has 0 aliphatic carbocycles. The van der Waals surface area contributed by atoms with Gasteiger partial charge in [0, 0.05) is 17.8 Å². The highest BCUT2D eigenvalue weighted by molar-refractivity contribution is 6.30. The number of nitrogens with zero attached hydrogens (tertiary/aromatic N) is 5. The van der Waals surface area contributed by atoms with Gasteiger partial charge in [-0.1, -0.05) is 11.6 Å². The van der Waals surface area contributed by atoms with E-state index in [4.69, 9.17) is 32.8 Å². The lowest BCUT2D eigenvalue weighted by Gasteiger charge is -2.16. The van der Waals surface area contributed by atoms with E-state index in [1.807, 2.05) is 30.5 Å². The molecular formula is C20H20ClN7O. The van der Waals surface area contributed by atoms with E-state index in [0.717, 1.165) is 28.2 Å². The van der Waals surface area contributed by atoms with Crippen molar-refractivity contribution in [2.75, 3.05) is 11.5 Å². The van der Waals surface area contributed by atoms with Gasteiger partial charge >= 0.3 is 0 Å². The van der Waals surface area contributed by atoms with Crippen molar-refractivity contribution in [2.45, 2.75) is 26.5 Å². The monoisotopic (exact) mass is 409 g/mol. The molecule has 0 saturated heterocycles. The second-order valence-corrected chi connectivity index (χ2v) is 7.19. The molecule has 4 aromatic rings. The Kier molecular flexibility index (Phi) is 4.94. The van der Waals surface area contributed by atoms with Gasteiger partial charge in [-0.25, -0.2) is 19.9 Å². The Hall–Kier alpha value is -3.39. The van der Waals surface area contributed by atoms with Gasteiger partial charge in [0.25, 0.3) is 0 Å². The van der Waals surface area contributed by atoms with E-state index < -0.39 is 0 Å². The largest absolute Gasteiger partial charge is 0.473 e. The fraction of sp³-hybridized carbons (Fsp3) is 0.200. The van der Waals surface area contributed by atoms with E-state index in [1.54, 1.807) is 30.5 Å². The minimum absolute atomic E-state index is 0.155. The van der Waals surface area contributed by atoms with Crippen LogP contribution in [0, 0.1) is 6.92 Å². The van der Waals surface area contributed by atoms with Gasteiger partial charge in [0.1, 0.15) is 29.1 Å². The Balaban J connectivity index is 1.65. The van der Waals surface area contributed by atoms with Crippen molar-refractivity contribution < 1.29 is 4.74 Å². The summed E-state index contributed by atoms with van der Waals surface area (Å²) in [5.74, 6) is 2.06. The molecule has 0 spiro atoms. The van der Waals surface area contributed by atoms with Crippen molar-refractivity contribution in [1.82, 2.24) is 24.5 Å². The third-order valence-electron chi connectivity index (χ3n) is 4.41. The van der Waals surface area contributed by atoms with Crippen molar-refractivity contribution >= 4 is 34.4 Å². The number of imidazole rings is 1. The predicted octanol–water partition coefficient (Wildman–Crippen LogP) is 3.48. The molecule has 4 N–H and O–H groups in total. The molecule has 0 fully saturated rings. The van der Waals surface area contributed by atoms with Crippen LogP contribution >= 0.6 is 11.6 Å². The lowest BCUT2D eigenvalue weighted by Crippen LogP contribution is -2.21. The lowest BCUT2D eigenvalue weighted by molar-refractivity contribution is 0.192. The van der Waals surface area contributed by atoms with E-state index in [-0.39, 0.29) is 6.10 Å². The molecule has 9 heteroatoms. The van der Waals surface area contributed by atoms with Crippen molar-refractivity contribution in [3.8, 4) is 17.1 Å². The minimum Gasteiger partial charge on any atom is -0.473 e. The topological polar surface area (TPSA) is 118 Å². The Morgan fingerprint density at radius 1 is 1.07 bits per heavy atom. The van der Waals surface area contributed by atoms with E-state index >= 15 is 0 Å². The molecule has 0 aromatic carbocycles. The Morgan fingerprint density at radius 2 is 1.83 bits per heavy atom. The molecule has 148 valence electrons. The summed E-state index contributed by atoms with van der Waals surface area (Å²) in [4.78, 5) is 17.6. The van der Waals surface area contributed by atoms with Crippen LogP contribution in [0.2, 0.25) is 5.02 Å². The lowest BCUT2D eigenvalue weighted by atomic mass is 10.1. The molecule has 0 saturated carbocycles. The molecule has 1 atom stereocenters. The summed E-state index contributed by atoms with van der Waals surface area (Å²) in [5.41, 5.74) is 14.8. The van der Waals surface area contributed by atoms with Gasteiger partial charge in [-0.2, -0.15) is 0 Å². The van der Waals surface area contributed by atoms with Crippen LogP contribution in [-0.2, 0) is 6.54 Å². The van der Waals surface area contributed by atoms with Crippen LogP contribution in [0.5, 0.6) is 5.88 Å². The first-order valence-corrected chi connectivity index (χ1v) is 9.42. The smallest absolute Gasteiger partial charge is 0.213 e. The van der Waals surface area contributed by atoms with Gasteiger partial charge in [0.05, 0.1) is 17.3 Å². The maximum Gasteiger partial charge on any atom is 0.213 e. The number of hydrogen-bond donors (Lipinski definition) is 2. The molecule has 8 nitrogen and oxygen atoms in total. The first-order chi connectivity index (χ1) is 13.9. The fourth-order valence-corrected chi connectivity index (χ4v) is 3.26. The van der Waals surface area contributed by atoms with Gasteiger partial charge in [-0.05, 0) is 44.2 Å². The number of hydrogen-bond acceptors (Lipinski definition) is 7. The van der Waals surface area contributed by atoms with Crippen LogP contribution < -0.4 is 16.2 Å². The molecule has 0 aliphatic rings. The number of nitrogen functional groups attached to an aromatic ring is 2. The fourth-order valence-electron chi connectivity index (χ4n) is 3.15. The number of aryl methyl sites for hydroxylation is 1. The average molecular weight is 410 g/mol. The van der Waals surface area contributed by atoms with Crippen LogP contribution in [0.15, 0.2) is 42.6 Å². The van der Waals surface area contributed by atoms with Crippen molar-refractivity contribution in [3.05, 3.63) is 53.4 Å². The van der Waals surface area contributed by atoms with Crippen LogP contribution in [-0.4, -0.2) is 30.6 Å². The van der Waals surface area contributed by atoms with E-state index in [1.165, 1.54) is 0 Å². The zero-order valence-electron chi connectivity index (χ0n) is 16.0. The third-order valence-corrected chi connectivity index (χ3v) is 4.63. The van der Waals surface area contributed by atoms with Gasteiger partial charge < -0.3 is 20.8 Å². The standard InChI is InChI=1S/C20H20ClN7O/c1-11(29-19-6-3-14(21)9-24-19)10-28-12(2)25-16-5-4-15(26-20(16)28)13-7-17(22)27-18(23)8-13/h3-9,11H,10H2,1-2H3,(H4,22,23,27). The van der Waals surface area contributed by atoms with Crippen LogP contribution in [0.1, 0.15) is 12.7 Å². The van der Waals surface area contributed by atoms with Crippen LogP contribution in [0.3, 0.4) is 0 Å². The average Bonchev–Trinajstić information content (AvgIpc) is 2.97. The Morgan fingerprint density at radius 3 is 2.52 bits per heavy atom. The highest BCUT2D eigenvalue weighted by Crippen LogP contribution is 2.24.